The number of hydrogen-bond donors (Lipinski definition) is 1. The molecule has 0 aliphatic carbocycles. The molecule has 1 N–H and O–H groups in total. The van der Waals surface area contributed by atoms with E-state index in [1.54, 1.807) is 0 Å². The number of nitrogens with one attached hydrogen (secondary N) is 1. The minimum absolute atomic E-state index is 0.0833. The van der Waals surface area contributed by atoms with Crippen molar-refractivity contribution in [3.63, 3.8) is 0 Å². The highest BCUT2D eigenvalue weighted by Crippen LogP contribution is 2.23. The highest BCUT2D eigenvalue weighted by atomic mass is 16.5. The molecule has 122 valence electrons. The average Bonchev–Trinajstić information content (AvgIpc) is 2.52. The van der Waals surface area contributed by atoms with Crippen LogP contribution in [-0.2, 0) is 5.41 Å². The number of carbonyl (C=O) groups excluding carboxylic acids is 1. The summed E-state index contributed by atoms with van der Waals surface area (Å²) in [5, 5.41) is 2.91. The van der Waals surface area contributed by atoms with Crippen LogP contribution >= 0.6 is 0 Å². The van der Waals surface area contributed by atoms with Crippen molar-refractivity contribution in [1.29, 1.82) is 0 Å². The molecule has 0 aromatic heterocycles. The lowest BCUT2D eigenvalue weighted by Crippen LogP contribution is -2.14. The Bertz CT molecular complexity index is 654. The molecule has 0 fully saturated rings. The molecule has 0 unspecified atom stereocenters. The van der Waals surface area contributed by atoms with Gasteiger partial charge in [-0.1, -0.05) is 45.9 Å². The predicted molar refractivity (Wildman–Crippen MR) is 95.3 cm³/mol. The Hall–Kier alpha value is -2.29. The van der Waals surface area contributed by atoms with E-state index in [0.717, 1.165) is 17.9 Å². The standard InChI is InChI=1S/C20H25NO2/c1-5-13-23-18-8-6-7-17(14-18)21-19(22)15-9-11-16(12-10-15)20(2,3)4/h6-12,14H,5,13H2,1-4H3,(H,21,22). The number of carbonyl (C=O) groups is 1. The van der Waals surface area contributed by atoms with Gasteiger partial charge in [-0.3, -0.25) is 4.79 Å². The third kappa shape index (κ3) is 4.85. The van der Waals surface area contributed by atoms with Crippen LogP contribution in [0.3, 0.4) is 0 Å². The van der Waals surface area contributed by atoms with Gasteiger partial charge in [0.05, 0.1) is 6.61 Å². The first-order chi connectivity index (χ1) is 10.9. The van der Waals surface area contributed by atoms with Crippen LogP contribution < -0.4 is 10.1 Å². The van der Waals surface area contributed by atoms with E-state index in [-0.39, 0.29) is 11.3 Å². The first kappa shape index (κ1) is 17.1. The maximum Gasteiger partial charge on any atom is 0.255 e. The number of anilines is 1. The second kappa shape index (κ2) is 7.32. The first-order valence-corrected chi connectivity index (χ1v) is 8.05. The van der Waals surface area contributed by atoms with Crippen molar-refractivity contribution in [2.75, 3.05) is 11.9 Å². The zero-order valence-corrected chi connectivity index (χ0v) is 14.3. The molecule has 0 atom stereocenters. The Morgan fingerprint density at radius 2 is 1.78 bits per heavy atom. The van der Waals surface area contributed by atoms with Gasteiger partial charge in [0.2, 0.25) is 0 Å². The molecular formula is C20H25NO2. The van der Waals surface area contributed by atoms with Gasteiger partial charge in [-0.2, -0.15) is 0 Å². The Kier molecular flexibility index (Phi) is 5.43. The normalized spacial score (nSPS) is 11.1. The minimum Gasteiger partial charge on any atom is -0.494 e. The molecular weight excluding hydrogens is 286 g/mol. The lowest BCUT2D eigenvalue weighted by Gasteiger charge is -2.19. The summed E-state index contributed by atoms with van der Waals surface area (Å²) in [6.45, 7) is 9.20. The van der Waals surface area contributed by atoms with Gasteiger partial charge in [-0.15, -0.1) is 0 Å². The smallest absolute Gasteiger partial charge is 0.255 e. The summed E-state index contributed by atoms with van der Waals surface area (Å²) in [5.41, 5.74) is 2.69. The van der Waals surface area contributed by atoms with E-state index in [0.29, 0.717) is 12.2 Å². The van der Waals surface area contributed by atoms with E-state index in [4.69, 9.17) is 4.74 Å². The largest absolute Gasteiger partial charge is 0.494 e. The van der Waals surface area contributed by atoms with Gasteiger partial charge in [-0.05, 0) is 41.7 Å². The van der Waals surface area contributed by atoms with Crippen molar-refractivity contribution in [2.24, 2.45) is 0 Å². The molecule has 0 saturated heterocycles. The van der Waals surface area contributed by atoms with Crippen LogP contribution in [0.15, 0.2) is 48.5 Å². The van der Waals surface area contributed by atoms with Gasteiger partial charge >= 0.3 is 0 Å². The van der Waals surface area contributed by atoms with Crippen molar-refractivity contribution in [2.45, 2.75) is 39.5 Å². The summed E-state index contributed by atoms with van der Waals surface area (Å²) < 4.78 is 5.58. The molecule has 2 aromatic rings. The third-order valence-electron chi connectivity index (χ3n) is 3.58. The molecule has 0 bridgehead atoms. The fourth-order valence-corrected chi connectivity index (χ4v) is 2.21. The van der Waals surface area contributed by atoms with Crippen molar-refractivity contribution in [3.8, 4) is 5.75 Å². The molecule has 3 heteroatoms. The highest BCUT2D eigenvalue weighted by Gasteiger charge is 2.14. The van der Waals surface area contributed by atoms with E-state index >= 15 is 0 Å². The Labute approximate surface area is 138 Å². The third-order valence-corrected chi connectivity index (χ3v) is 3.58. The fraction of sp³-hybridized carbons (Fsp3) is 0.350. The van der Waals surface area contributed by atoms with Gasteiger partial charge < -0.3 is 10.1 Å². The molecule has 0 heterocycles. The average molecular weight is 311 g/mol. The summed E-state index contributed by atoms with van der Waals surface area (Å²) in [6.07, 6.45) is 0.955. The second-order valence-electron chi connectivity index (χ2n) is 6.66. The fourth-order valence-electron chi connectivity index (χ4n) is 2.21. The molecule has 2 rings (SSSR count). The topological polar surface area (TPSA) is 38.3 Å². The van der Waals surface area contributed by atoms with E-state index in [2.05, 4.69) is 33.0 Å². The molecule has 23 heavy (non-hydrogen) atoms. The van der Waals surface area contributed by atoms with Crippen molar-refractivity contribution in [1.82, 2.24) is 0 Å². The van der Waals surface area contributed by atoms with E-state index in [1.807, 2.05) is 48.5 Å². The summed E-state index contributed by atoms with van der Waals surface area (Å²) in [4.78, 5) is 12.3. The number of ether oxygens (including phenoxy) is 1. The van der Waals surface area contributed by atoms with Crippen LogP contribution in [0.5, 0.6) is 5.75 Å². The second-order valence-corrected chi connectivity index (χ2v) is 6.66. The van der Waals surface area contributed by atoms with Crippen molar-refractivity contribution < 1.29 is 9.53 Å². The van der Waals surface area contributed by atoms with E-state index in [1.165, 1.54) is 5.56 Å². The molecule has 0 radical (unpaired) electrons. The quantitative estimate of drug-likeness (QED) is 0.841. The van der Waals surface area contributed by atoms with Gasteiger partial charge in [0.15, 0.2) is 0 Å². The lowest BCUT2D eigenvalue weighted by molar-refractivity contribution is 0.102. The maximum atomic E-state index is 12.3. The van der Waals surface area contributed by atoms with Crippen LogP contribution in [0.1, 0.15) is 50.0 Å². The van der Waals surface area contributed by atoms with Crippen LogP contribution in [0.2, 0.25) is 0 Å². The van der Waals surface area contributed by atoms with Crippen LogP contribution in [0, 0.1) is 0 Å². The van der Waals surface area contributed by atoms with Crippen LogP contribution in [0.25, 0.3) is 0 Å². The minimum atomic E-state index is -0.113. The van der Waals surface area contributed by atoms with Gasteiger partial charge in [0.25, 0.3) is 5.91 Å². The highest BCUT2D eigenvalue weighted by molar-refractivity contribution is 6.04. The van der Waals surface area contributed by atoms with Crippen molar-refractivity contribution in [3.05, 3.63) is 59.7 Å². The number of rotatable bonds is 5. The van der Waals surface area contributed by atoms with Gasteiger partial charge in [0, 0.05) is 17.3 Å². The Balaban J connectivity index is 2.07. The molecule has 0 aliphatic heterocycles. The van der Waals surface area contributed by atoms with E-state index < -0.39 is 0 Å². The number of benzene rings is 2. The molecule has 1 amide bonds. The Morgan fingerprint density at radius 1 is 1.09 bits per heavy atom. The van der Waals surface area contributed by atoms with Crippen LogP contribution in [-0.4, -0.2) is 12.5 Å². The Morgan fingerprint density at radius 3 is 2.39 bits per heavy atom. The summed E-state index contributed by atoms with van der Waals surface area (Å²) in [5.74, 6) is 0.658. The molecule has 0 saturated carbocycles. The molecule has 2 aromatic carbocycles. The summed E-state index contributed by atoms with van der Waals surface area (Å²) >= 11 is 0. The van der Waals surface area contributed by atoms with Crippen molar-refractivity contribution >= 4 is 11.6 Å². The maximum absolute atomic E-state index is 12.3. The number of hydrogen-bond acceptors (Lipinski definition) is 2. The first-order valence-electron chi connectivity index (χ1n) is 8.05. The summed E-state index contributed by atoms with van der Waals surface area (Å²) in [7, 11) is 0. The zero-order valence-electron chi connectivity index (χ0n) is 14.3. The van der Waals surface area contributed by atoms with E-state index in [9.17, 15) is 4.79 Å². The van der Waals surface area contributed by atoms with Gasteiger partial charge in [0.1, 0.15) is 5.75 Å². The van der Waals surface area contributed by atoms with Gasteiger partial charge in [-0.25, -0.2) is 0 Å². The molecule has 0 spiro atoms. The lowest BCUT2D eigenvalue weighted by atomic mass is 9.87. The molecule has 0 aliphatic rings. The molecule has 3 nitrogen and oxygen atoms in total. The van der Waals surface area contributed by atoms with Crippen LogP contribution in [0.4, 0.5) is 5.69 Å². The number of amides is 1. The zero-order chi connectivity index (χ0) is 16.9. The SMILES string of the molecule is CCCOc1cccc(NC(=O)c2ccc(C(C)(C)C)cc2)c1. The summed E-state index contributed by atoms with van der Waals surface area (Å²) in [6, 6.07) is 15.2. The monoisotopic (exact) mass is 311 g/mol. The predicted octanol–water partition coefficient (Wildman–Crippen LogP) is 5.03.